The molecule has 2 N–H and O–H groups in total. The van der Waals surface area contributed by atoms with Gasteiger partial charge >= 0.3 is 0 Å². The molecule has 0 bridgehead atoms. The van der Waals surface area contributed by atoms with E-state index in [9.17, 15) is 4.79 Å². The van der Waals surface area contributed by atoms with Gasteiger partial charge in [-0.25, -0.2) is 4.98 Å². The molecule has 0 aliphatic carbocycles. The van der Waals surface area contributed by atoms with Gasteiger partial charge in [0.25, 0.3) is 5.91 Å². The van der Waals surface area contributed by atoms with Crippen LogP contribution in [0.2, 0.25) is 10.0 Å². The molecular formula is C15H15Cl2N3O. The number of rotatable bonds is 5. The number of anilines is 2. The summed E-state index contributed by atoms with van der Waals surface area (Å²) in [5, 5.41) is 6.91. The zero-order valence-corrected chi connectivity index (χ0v) is 13.0. The lowest BCUT2D eigenvalue weighted by molar-refractivity contribution is 0.102. The predicted octanol–water partition coefficient (Wildman–Crippen LogP) is 4.46. The largest absolute Gasteiger partial charge is 0.368 e. The Morgan fingerprint density at radius 2 is 2.05 bits per heavy atom. The molecule has 0 spiro atoms. The summed E-state index contributed by atoms with van der Waals surface area (Å²) in [5.41, 5.74) is 1.02. The van der Waals surface area contributed by atoms with Crippen molar-refractivity contribution in [2.24, 2.45) is 0 Å². The fraction of sp³-hybridized carbons (Fsp3) is 0.200. The quantitative estimate of drug-likeness (QED) is 0.853. The van der Waals surface area contributed by atoms with E-state index < -0.39 is 0 Å². The Labute approximate surface area is 133 Å². The second-order valence-electron chi connectivity index (χ2n) is 4.44. The maximum Gasteiger partial charge on any atom is 0.255 e. The summed E-state index contributed by atoms with van der Waals surface area (Å²) >= 11 is 11.8. The molecular weight excluding hydrogens is 309 g/mol. The fourth-order valence-electron chi connectivity index (χ4n) is 1.74. The average Bonchev–Trinajstić information content (AvgIpc) is 2.46. The van der Waals surface area contributed by atoms with Crippen LogP contribution >= 0.6 is 23.2 Å². The Balaban J connectivity index is 2.21. The van der Waals surface area contributed by atoms with Crippen molar-refractivity contribution in [2.45, 2.75) is 13.3 Å². The third-order valence-electron chi connectivity index (χ3n) is 2.73. The van der Waals surface area contributed by atoms with E-state index in [1.54, 1.807) is 30.3 Å². The second-order valence-corrected chi connectivity index (χ2v) is 5.31. The summed E-state index contributed by atoms with van der Waals surface area (Å²) in [4.78, 5) is 16.4. The van der Waals surface area contributed by atoms with Crippen molar-refractivity contribution in [1.29, 1.82) is 0 Å². The summed E-state index contributed by atoms with van der Waals surface area (Å²) in [7, 11) is 0. The van der Waals surface area contributed by atoms with Gasteiger partial charge in [0.15, 0.2) is 0 Å². The van der Waals surface area contributed by atoms with Crippen LogP contribution in [0, 0.1) is 0 Å². The minimum Gasteiger partial charge on any atom is -0.368 e. The first-order chi connectivity index (χ1) is 10.1. The highest BCUT2D eigenvalue weighted by atomic mass is 35.5. The van der Waals surface area contributed by atoms with Gasteiger partial charge in [0.1, 0.15) is 5.82 Å². The molecule has 1 heterocycles. The highest BCUT2D eigenvalue weighted by Gasteiger charge is 2.11. The van der Waals surface area contributed by atoms with Crippen molar-refractivity contribution < 1.29 is 4.79 Å². The number of nitrogens with zero attached hydrogens (tertiary/aromatic N) is 1. The Morgan fingerprint density at radius 1 is 1.24 bits per heavy atom. The molecule has 0 radical (unpaired) electrons. The van der Waals surface area contributed by atoms with Crippen LogP contribution in [0.15, 0.2) is 36.5 Å². The highest BCUT2D eigenvalue weighted by molar-refractivity contribution is 6.31. The monoisotopic (exact) mass is 323 g/mol. The molecule has 2 aromatic rings. The van der Waals surface area contributed by atoms with E-state index in [-0.39, 0.29) is 5.91 Å². The van der Waals surface area contributed by atoms with Gasteiger partial charge < -0.3 is 10.6 Å². The summed E-state index contributed by atoms with van der Waals surface area (Å²) in [6, 6.07) is 8.40. The van der Waals surface area contributed by atoms with E-state index in [1.165, 1.54) is 6.20 Å². The zero-order chi connectivity index (χ0) is 15.2. The normalized spacial score (nSPS) is 10.2. The second kappa shape index (κ2) is 7.29. The number of hydrogen-bond donors (Lipinski definition) is 2. The number of aromatic nitrogens is 1. The van der Waals surface area contributed by atoms with E-state index in [4.69, 9.17) is 23.2 Å². The van der Waals surface area contributed by atoms with Gasteiger partial charge in [-0.1, -0.05) is 36.2 Å². The molecule has 110 valence electrons. The lowest BCUT2D eigenvalue weighted by Gasteiger charge is -2.12. The van der Waals surface area contributed by atoms with Crippen molar-refractivity contribution in [2.75, 3.05) is 17.2 Å². The molecule has 4 nitrogen and oxygen atoms in total. The van der Waals surface area contributed by atoms with E-state index in [0.29, 0.717) is 27.1 Å². The molecule has 0 aliphatic rings. The van der Waals surface area contributed by atoms with Gasteiger partial charge in [-0.2, -0.15) is 0 Å². The van der Waals surface area contributed by atoms with Gasteiger partial charge in [-0.3, -0.25) is 4.79 Å². The molecule has 21 heavy (non-hydrogen) atoms. The number of benzene rings is 1. The molecule has 0 aliphatic heterocycles. The van der Waals surface area contributed by atoms with Crippen molar-refractivity contribution in [3.63, 3.8) is 0 Å². The van der Waals surface area contributed by atoms with Crippen LogP contribution in [0.4, 0.5) is 11.5 Å². The minimum atomic E-state index is -0.263. The lowest BCUT2D eigenvalue weighted by atomic mass is 10.2. The third kappa shape index (κ3) is 4.34. The van der Waals surface area contributed by atoms with E-state index >= 15 is 0 Å². The summed E-state index contributed by atoms with van der Waals surface area (Å²) in [6.07, 6.45) is 2.49. The number of nitrogens with one attached hydrogen (secondary N) is 2. The van der Waals surface area contributed by atoms with Crippen LogP contribution in [-0.2, 0) is 0 Å². The van der Waals surface area contributed by atoms with Crippen LogP contribution < -0.4 is 10.6 Å². The molecule has 0 unspecified atom stereocenters. The van der Waals surface area contributed by atoms with E-state index in [0.717, 1.165) is 13.0 Å². The molecule has 1 amide bonds. The van der Waals surface area contributed by atoms with Crippen molar-refractivity contribution >= 4 is 40.6 Å². The molecule has 0 fully saturated rings. The molecule has 1 aromatic carbocycles. The maximum atomic E-state index is 12.2. The number of halogens is 2. The number of pyridine rings is 1. The molecule has 6 heteroatoms. The first kappa shape index (κ1) is 15.6. The zero-order valence-electron chi connectivity index (χ0n) is 11.5. The molecule has 0 saturated carbocycles. The Hall–Kier alpha value is -1.78. The van der Waals surface area contributed by atoms with Crippen LogP contribution in [0.5, 0.6) is 0 Å². The van der Waals surface area contributed by atoms with Crippen LogP contribution in [-0.4, -0.2) is 17.4 Å². The minimum absolute atomic E-state index is 0.263. The number of carbonyl (C=O) groups excluding carboxylic acids is 1. The number of hydrogen-bond acceptors (Lipinski definition) is 3. The fourth-order valence-corrected chi connectivity index (χ4v) is 2.09. The third-order valence-corrected chi connectivity index (χ3v) is 3.17. The molecule has 2 rings (SSSR count). The maximum absolute atomic E-state index is 12.2. The van der Waals surface area contributed by atoms with Gasteiger partial charge in [0, 0.05) is 23.3 Å². The Kier molecular flexibility index (Phi) is 5.42. The van der Waals surface area contributed by atoms with E-state index in [2.05, 4.69) is 15.6 Å². The van der Waals surface area contributed by atoms with Crippen molar-refractivity contribution in [1.82, 2.24) is 4.98 Å². The predicted molar refractivity (Wildman–Crippen MR) is 87.4 cm³/mol. The first-order valence-electron chi connectivity index (χ1n) is 6.56. The summed E-state index contributed by atoms with van der Waals surface area (Å²) < 4.78 is 0. The smallest absolute Gasteiger partial charge is 0.255 e. The van der Waals surface area contributed by atoms with Gasteiger partial charge in [-0.15, -0.1) is 0 Å². The average molecular weight is 324 g/mol. The standard InChI is InChI=1S/C15H15Cl2N3O/c1-2-6-18-14-13(8-12(17)9-19-14)20-15(21)10-4-3-5-11(16)7-10/h3-5,7-9H,2,6H2,1H3,(H,18,19)(H,20,21). The Morgan fingerprint density at radius 3 is 2.76 bits per heavy atom. The van der Waals surface area contributed by atoms with Crippen LogP contribution in [0.3, 0.4) is 0 Å². The van der Waals surface area contributed by atoms with Crippen LogP contribution in [0.1, 0.15) is 23.7 Å². The lowest BCUT2D eigenvalue weighted by Crippen LogP contribution is -2.14. The first-order valence-corrected chi connectivity index (χ1v) is 7.32. The molecule has 0 atom stereocenters. The number of carbonyl (C=O) groups is 1. The summed E-state index contributed by atoms with van der Waals surface area (Å²) in [6.45, 7) is 2.81. The highest BCUT2D eigenvalue weighted by Crippen LogP contribution is 2.24. The molecule has 1 aromatic heterocycles. The van der Waals surface area contributed by atoms with Crippen LogP contribution in [0.25, 0.3) is 0 Å². The topological polar surface area (TPSA) is 54.0 Å². The van der Waals surface area contributed by atoms with Crippen molar-refractivity contribution in [3.8, 4) is 0 Å². The van der Waals surface area contributed by atoms with Crippen molar-refractivity contribution in [3.05, 3.63) is 52.1 Å². The SMILES string of the molecule is CCCNc1ncc(Cl)cc1NC(=O)c1cccc(Cl)c1. The number of amides is 1. The van der Waals surface area contributed by atoms with Gasteiger partial charge in [0.05, 0.1) is 10.7 Å². The van der Waals surface area contributed by atoms with E-state index in [1.807, 2.05) is 6.92 Å². The van der Waals surface area contributed by atoms with Gasteiger partial charge in [-0.05, 0) is 30.7 Å². The summed E-state index contributed by atoms with van der Waals surface area (Å²) in [5.74, 6) is 0.331. The Bertz CT molecular complexity index is 647. The molecule has 0 saturated heterocycles. The van der Waals surface area contributed by atoms with Gasteiger partial charge in [0.2, 0.25) is 0 Å².